The minimum absolute atomic E-state index is 0.136. The topological polar surface area (TPSA) is 43.9 Å². The minimum atomic E-state index is -0.271. The lowest BCUT2D eigenvalue weighted by Gasteiger charge is -2.39. The summed E-state index contributed by atoms with van der Waals surface area (Å²) >= 11 is 1.77. The van der Waals surface area contributed by atoms with Crippen LogP contribution in [0, 0.1) is 13.8 Å². The molecule has 1 aromatic rings. The quantitative estimate of drug-likeness (QED) is 0.799. The number of benzene rings is 1. The van der Waals surface area contributed by atoms with Gasteiger partial charge in [0.15, 0.2) is 0 Å². The average Bonchev–Trinajstić information content (AvgIpc) is 3.13. The Morgan fingerprint density at radius 2 is 1.92 bits per heavy atom. The lowest BCUT2D eigenvalue weighted by Crippen LogP contribution is -2.56. The molecular formula is C20H27N3O2S. The third kappa shape index (κ3) is 2.79. The van der Waals surface area contributed by atoms with Crippen molar-refractivity contribution < 1.29 is 9.59 Å². The normalized spacial score (nSPS) is 28.7. The number of anilines is 1. The van der Waals surface area contributed by atoms with Gasteiger partial charge in [-0.2, -0.15) is 0 Å². The number of piperazine rings is 1. The van der Waals surface area contributed by atoms with E-state index in [1.807, 2.05) is 9.80 Å². The molecule has 3 fully saturated rings. The molecule has 3 saturated heterocycles. The van der Waals surface area contributed by atoms with E-state index in [1.165, 1.54) is 16.8 Å². The summed E-state index contributed by atoms with van der Waals surface area (Å²) in [6.07, 6.45) is 1.44. The third-order valence-corrected chi connectivity index (χ3v) is 7.74. The fourth-order valence-electron chi connectivity index (χ4n) is 4.46. The van der Waals surface area contributed by atoms with Crippen molar-refractivity contribution in [2.45, 2.75) is 44.5 Å². The van der Waals surface area contributed by atoms with Crippen LogP contribution in [0.3, 0.4) is 0 Å². The van der Waals surface area contributed by atoms with Crippen LogP contribution in [0.2, 0.25) is 0 Å². The molecule has 0 N–H and O–H groups in total. The van der Waals surface area contributed by atoms with E-state index < -0.39 is 0 Å². The number of amides is 2. The molecule has 0 saturated carbocycles. The first-order valence-corrected chi connectivity index (χ1v) is 10.5. The molecule has 4 rings (SSSR count). The highest BCUT2D eigenvalue weighted by molar-refractivity contribution is 8.01. The lowest BCUT2D eigenvalue weighted by atomic mass is 10.1. The number of thioether (sulfide) groups is 1. The van der Waals surface area contributed by atoms with Gasteiger partial charge < -0.3 is 14.7 Å². The second kappa shape index (κ2) is 6.48. The fraction of sp³-hybridized carbons (Fsp3) is 0.600. The van der Waals surface area contributed by atoms with Gasteiger partial charge in [-0.15, -0.1) is 11.8 Å². The number of carbonyl (C=O) groups excluding carboxylic acids is 2. The number of rotatable bonds is 2. The monoisotopic (exact) mass is 373 g/mol. The van der Waals surface area contributed by atoms with E-state index in [0.717, 1.165) is 38.4 Å². The van der Waals surface area contributed by atoms with E-state index in [0.29, 0.717) is 6.42 Å². The summed E-state index contributed by atoms with van der Waals surface area (Å²) in [4.78, 5) is 31.4. The van der Waals surface area contributed by atoms with Crippen LogP contribution in [0.1, 0.15) is 30.9 Å². The molecule has 0 bridgehead atoms. The highest BCUT2D eigenvalue weighted by Gasteiger charge is 2.53. The van der Waals surface area contributed by atoms with Crippen molar-refractivity contribution in [3.8, 4) is 0 Å². The molecule has 2 atom stereocenters. The third-order valence-electron chi connectivity index (χ3n) is 6.24. The van der Waals surface area contributed by atoms with E-state index in [1.54, 1.807) is 11.8 Å². The van der Waals surface area contributed by atoms with Crippen LogP contribution in [-0.4, -0.2) is 64.5 Å². The largest absolute Gasteiger partial charge is 0.368 e. The molecule has 0 spiro atoms. The predicted molar refractivity (Wildman–Crippen MR) is 105 cm³/mol. The molecule has 26 heavy (non-hydrogen) atoms. The Morgan fingerprint density at radius 1 is 1.19 bits per heavy atom. The number of hydrogen-bond acceptors (Lipinski definition) is 4. The van der Waals surface area contributed by atoms with Gasteiger partial charge in [0.25, 0.3) is 0 Å². The second-order valence-electron chi connectivity index (χ2n) is 7.80. The molecule has 2 amide bonds. The SMILES string of the molecule is Cc1cccc(N2CCN(C(=O)[C@@H]3CS[C@@]4(C)CCC(=O)N34)CC2)c1C. The molecule has 6 heteroatoms. The Bertz CT molecular complexity index is 745. The first-order chi connectivity index (χ1) is 12.4. The maximum Gasteiger partial charge on any atom is 0.246 e. The van der Waals surface area contributed by atoms with Crippen LogP contribution in [0.25, 0.3) is 0 Å². The number of aryl methyl sites for hydroxylation is 1. The Labute approximate surface area is 159 Å². The predicted octanol–water partition coefficient (Wildman–Crippen LogP) is 2.41. The minimum Gasteiger partial charge on any atom is -0.368 e. The van der Waals surface area contributed by atoms with Crippen LogP contribution in [-0.2, 0) is 9.59 Å². The van der Waals surface area contributed by atoms with Gasteiger partial charge in [0.1, 0.15) is 6.04 Å². The molecule has 0 aliphatic carbocycles. The van der Waals surface area contributed by atoms with Gasteiger partial charge in [0.2, 0.25) is 11.8 Å². The Morgan fingerprint density at radius 3 is 2.65 bits per heavy atom. The molecule has 0 radical (unpaired) electrons. The van der Waals surface area contributed by atoms with Crippen molar-refractivity contribution in [3.63, 3.8) is 0 Å². The highest BCUT2D eigenvalue weighted by Crippen LogP contribution is 2.47. The molecule has 3 aliphatic rings. The zero-order valence-electron chi connectivity index (χ0n) is 15.8. The number of hydrogen-bond donors (Lipinski definition) is 0. The summed E-state index contributed by atoms with van der Waals surface area (Å²) < 4.78 is 0. The summed E-state index contributed by atoms with van der Waals surface area (Å²) in [5, 5.41) is 0. The Kier molecular flexibility index (Phi) is 4.41. The summed E-state index contributed by atoms with van der Waals surface area (Å²) in [6, 6.07) is 6.14. The van der Waals surface area contributed by atoms with Crippen molar-refractivity contribution in [1.29, 1.82) is 0 Å². The zero-order chi connectivity index (χ0) is 18.5. The van der Waals surface area contributed by atoms with Crippen molar-refractivity contribution in [3.05, 3.63) is 29.3 Å². The maximum absolute atomic E-state index is 13.1. The molecule has 3 aliphatic heterocycles. The smallest absolute Gasteiger partial charge is 0.246 e. The van der Waals surface area contributed by atoms with E-state index in [4.69, 9.17) is 0 Å². The number of carbonyl (C=O) groups is 2. The maximum atomic E-state index is 13.1. The van der Waals surface area contributed by atoms with Crippen molar-refractivity contribution in [2.24, 2.45) is 0 Å². The molecule has 3 heterocycles. The van der Waals surface area contributed by atoms with E-state index >= 15 is 0 Å². The first-order valence-electron chi connectivity index (χ1n) is 9.47. The van der Waals surface area contributed by atoms with Gasteiger partial charge in [0, 0.05) is 44.0 Å². The van der Waals surface area contributed by atoms with Gasteiger partial charge in [-0.05, 0) is 44.4 Å². The standard InChI is InChI=1S/C20H27N3O2S/c1-14-5-4-6-16(15(14)2)21-9-11-22(12-10-21)19(25)17-13-26-20(3)8-7-18(24)23(17)20/h4-6,17H,7-13H2,1-3H3/t17-,20-/m0/s1. The highest BCUT2D eigenvalue weighted by atomic mass is 32.2. The van der Waals surface area contributed by atoms with Crippen LogP contribution >= 0.6 is 11.8 Å². The van der Waals surface area contributed by atoms with Gasteiger partial charge >= 0.3 is 0 Å². The summed E-state index contributed by atoms with van der Waals surface area (Å²) in [6.45, 7) is 9.56. The summed E-state index contributed by atoms with van der Waals surface area (Å²) in [5.74, 6) is 1.01. The van der Waals surface area contributed by atoms with Gasteiger partial charge in [-0.1, -0.05) is 12.1 Å². The Hall–Kier alpha value is -1.69. The van der Waals surface area contributed by atoms with Crippen molar-refractivity contribution >= 4 is 29.3 Å². The average molecular weight is 374 g/mol. The fourth-order valence-corrected chi connectivity index (χ4v) is 5.88. The Balaban J connectivity index is 1.43. The molecule has 140 valence electrons. The van der Waals surface area contributed by atoms with Crippen LogP contribution < -0.4 is 4.90 Å². The van der Waals surface area contributed by atoms with E-state index in [-0.39, 0.29) is 22.7 Å². The van der Waals surface area contributed by atoms with Gasteiger partial charge in [-0.25, -0.2) is 0 Å². The number of nitrogens with zero attached hydrogens (tertiary/aromatic N) is 3. The van der Waals surface area contributed by atoms with Crippen LogP contribution in [0.15, 0.2) is 18.2 Å². The molecule has 5 nitrogen and oxygen atoms in total. The van der Waals surface area contributed by atoms with Gasteiger partial charge in [-0.3, -0.25) is 9.59 Å². The second-order valence-corrected chi connectivity index (χ2v) is 9.30. The zero-order valence-corrected chi connectivity index (χ0v) is 16.6. The summed E-state index contributed by atoms with van der Waals surface area (Å²) in [5.41, 5.74) is 3.89. The van der Waals surface area contributed by atoms with Crippen LogP contribution in [0.4, 0.5) is 5.69 Å². The molecule has 0 aromatic heterocycles. The van der Waals surface area contributed by atoms with Crippen molar-refractivity contribution in [2.75, 3.05) is 36.8 Å². The first kappa shape index (κ1) is 17.7. The van der Waals surface area contributed by atoms with E-state index in [9.17, 15) is 9.59 Å². The van der Waals surface area contributed by atoms with Gasteiger partial charge in [0.05, 0.1) is 4.87 Å². The van der Waals surface area contributed by atoms with Crippen molar-refractivity contribution in [1.82, 2.24) is 9.80 Å². The molecule has 0 unspecified atom stereocenters. The van der Waals surface area contributed by atoms with Crippen LogP contribution in [0.5, 0.6) is 0 Å². The summed E-state index contributed by atoms with van der Waals surface area (Å²) in [7, 11) is 0. The number of fused-ring (bicyclic) bond motifs is 1. The lowest BCUT2D eigenvalue weighted by molar-refractivity contribution is -0.143. The molecular weight excluding hydrogens is 346 g/mol. The molecule has 1 aromatic carbocycles. The van der Waals surface area contributed by atoms with E-state index in [2.05, 4.69) is 43.9 Å².